The van der Waals surface area contributed by atoms with Crippen molar-refractivity contribution in [2.75, 3.05) is 0 Å². The number of hydrogen-bond acceptors (Lipinski definition) is 2. The second-order valence-corrected chi connectivity index (χ2v) is 0.753. The summed E-state index contributed by atoms with van der Waals surface area (Å²) in [4.78, 5) is 8.60. The standard InChI is InChI=1S/C2H3BO2/c1-2-4-5-3-1/h1-3H. The molecule has 0 aliphatic carbocycles. The minimum atomic E-state index is 0.597. The third-order valence-corrected chi connectivity index (χ3v) is 0.384. The average molecular weight is 69.9 g/mol. The zero-order valence-electron chi connectivity index (χ0n) is 2.68. The van der Waals surface area contributed by atoms with Crippen LogP contribution in [0.3, 0.4) is 0 Å². The van der Waals surface area contributed by atoms with Crippen molar-refractivity contribution in [3.05, 3.63) is 12.2 Å². The zero-order chi connectivity index (χ0) is 3.54. The molecule has 0 amide bonds. The summed E-state index contributed by atoms with van der Waals surface area (Å²) in [6.45, 7) is 0. The van der Waals surface area contributed by atoms with Crippen molar-refractivity contribution in [1.29, 1.82) is 0 Å². The molecule has 0 fully saturated rings. The van der Waals surface area contributed by atoms with Gasteiger partial charge in [0.05, 0.1) is 0 Å². The molecule has 0 saturated heterocycles. The lowest BCUT2D eigenvalue weighted by atomic mass is 10.1. The maximum Gasteiger partial charge on any atom is 0.368 e. The van der Waals surface area contributed by atoms with Gasteiger partial charge >= 0.3 is 7.48 Å². The summed E-state index contributed by atoms with van der Waals surface area (Å²) in [6.07, 6.45) is 1.51. The van der Waals surface area contributed by atoms with E-state index in [0.29, 0.717) is 7.48 Å². The van der Waals surface area contributed by atoms with E-state index in [0.717, 1.165) is 0 Å². The van der Waals surface area contributed by atoms with Gasteiger partial charge in [0.15, 0.2) is 0 Å². The van der Waals surface area contributed by atoms with Gasteiger partial charge in [-0.3, -0.25) is 4.81 Å². The fraction of sp³-hybridized carbons (Fsp3) is 0. The first-order valence-electron chi connectivity index (χ1n) is 1.43. The van der Waals surface area contributed by atoms with Crippen LogP contribution >= 0.6 is 0 Å². The van der Waals surface area contributed by atoms with Gasteiger partial charge < -0.3 is 4.89 Å². The van der Waals surface area contributed by atoms with Crippen LogP contribution in [0.25, 0.3) is 0 Å². The van der Waals surface area contributed by atoms with E-state index in [1.807, 2.05) is 0 Å². The fourth-order valence-electron chi connectivity index (χ4n) is 0.196. The number of rotatable bonds is 0. The Hall–Kier alpha value is -0.435. The van der Waals surface area contributed by atoms with Crippen LogP contribution in [-0.4, -0.2) is 7.48 Å². The van der Waals surface area contributed by atoms with Gasteiger partial charge in [-0.05, 0) is 5.98 Å². The van der Waals surface area contributed by atoms with E-state index < -0.39 is 0 Å². The maximum absolute atomic E-state index is 4.33. The molecule has 3 heteroatoms. The molecule has 0 atom stereocenters. The van der Waals surface area contributed by atoms with Gasteiger partial charge in [0.1, 0.15) is 6.26 Å². The molecule has 1 aliphatic rings. The molecule has 1 aliphatic heterocycles. The largest absolute Gasteiger partial charge is 0.368 e. The molecule has 2 nitrogen and oxygen atoms in total. The molecule has 0 aromatic heterocycles. The van der Waals surface area contributed by atoms with E-state index in [2.05, 4.69) is 9.69 Å². The molecule has 0 saturated carbocycles. The summed E-state index contributed by atoms with van der Waals surface area (Å²) >= 11 is 0. The van der Waals surface area contributed by atoms with E-state index in [9.17, 15) is 0 Å². The molecule has 26 valence electrons. The highest BCUT2D eigenvalue weighted by Crippen LogP contribution is 1.85. The van der Waals surface area contributed by atoms with Gasteiger partial charge in [0.25, 0.3) is 0 Å². The van der Waals surface area contributed by atoms with Gasteiger partial charge in [-0.15, -0.1) is 0 Å². The molecular weight excluding hydrogens is 66.8 g/mol. The molecule has 0 unspecified atom stereocenters. The summed E-state index contributed by atoms with van der Waals surface area (Å²) in [5.74, 6) is 1.79. The Morgan fingerprint density at radius 2 is 2.60 bits per heavy atom. The van der Waals surface area contributed by atoms with Crippen LogP contribution in [0, 0.1) is 0 Å². The van der Waals surface area contributed by atoms with Gasteiger partial charge in [0.2, 0.25) is 0 Å². The first-order valence-corrected chi connectivity index (χ1v) is 1.43. The smallest absolute Gasteiger partial charge is 0.363 e. The lowest BCUT2D eigenvalue weighted by Gasteiger charge is -1.81. The second kappa shape index (κ2) is 1.13. The summed E-state index contributed by atoms with van der Waals surface area (Å²) in [5, 5.41) is 0. The van der Waals surface area contributed by atoms with Crippen molar-refractivity contribution in [2.45, 2.75) is 0 Å². The maximum atomic E-state index is 4.33. The van der Waals surface area contributed by atoms with Crippen LogP contribution in [0.2, 0.25) is 0 Å². The normalized spacial score (nSPS) is 17.6. The van der Waals surface area contributed by atoms with Crippen molar-refractivity contribution < 1.29 is 9.69 Å². The molecular formula is C2H3BO2. The predicted molar refractivity (Wildman–Crippen MR) is 18.5 cm³/mol. The van der Waals surface area contributed by atoms with E-state index in [1.165, 1.54) is 6.26 Å². The van der Waals surface area contributed by atoms with Gasteiger partial charge in [0, 0.05) is 0 Å². The molecule has 0 radical (unpaired) electrons. The first-order chi connectivity index (χ1) is 2.50. The van der Waals surface area contributed by atoms with Crippen molar-refractivity contribution in [2.24, 2.45) is 0 Å². The SMILES string of the molecule is B1C=COO1. The van der Waals surface area contributed by atoms with Crippen LogP contribution in [0.4, 0.5) is 0 Å². The monoisotopic (exact) mass is 70.0 g/mol. The molecule has 1 heterocycles. The lowest BCUT2D eigenvalue weighted by Crippen LogP contribution is -1.79. The lowest BCUT2D eigenvalue weighted by molar-refractivity contribution is -0.138. The van der Waals surface area contributed by atoms with Crippen LogP contribution < -0.4 is 0 Å². The van der Waals surface area contributed by atoms with Crippen molar-refractivity contribution in [1.82, 2.24) is 0 Å². The highest BCUT2D eigenvalue weighted by Gasteiger charge is 1.89. The Labute approximate surface area is 30.6 Å². The summed E-state index contributed by atoms with van der Waals surface area (Å²) in [7, 11) is 0.597. The quantitative estimate of drug-likeness (QED) is 0.289. The molecule has 0 bridgehead atoms. The highest BCUT2D eigenvalue weighted by molar-refractivity contribution is 6.34. The second-order valence-electron chi connectivity index (χ2n) is 0.753. The Morgan fingerprint density at radius 1 is 1.60 bits per heavy atom. The molecule has 0 N–H and O–H groups in total. The minimum absolute atomic E-state index is 0.597. The van der Waals surface area contributed by atoms with E-state index >= 15 is 0 Å². The molecule has 0 spiro atoms. The summed E-state index contributed by atoms with van der Waals surface area (Å²) in [5.41, 5.74) is 0. The third-order valence-electron chi connectivity index (χ3n) is 0.384. The van der Waals surface area contributed by atoms with Crippen LogP contribution in [-0.2, 0) is 9.69 Å². The fourth-order valence-corrected chi connectivity index (χ4v) is 0.196. The summed E-state index contributed by atoms with van der Waals surface area (Å²) in [6, 6.07) is 0. The van der Waals surface area contributed by atoms with E-state index in [-0.39, 0.29) is 0 Å². The molecule has 0 aromatic carbocycles. The third kappa shape index (κ3) is 0.419. The Morgan fingerprint density at radius 3 is 2.80 bits per heavy atom. The van der Waals surface area contributed by atoms with Gasteiger partial charge in [-0.1, -0.05) is 0 Å². The van der Waals surface area contributed by atoms with Crippen molar-refractivity contribution >= 4 is 7.48 Å². The highest BCUT2D eigenvalue weighted by atomic mass is 17.2. The van der Waals surface area contributed by atoms with Crippen molar-refractivity contribution in [3.63, 3.8) is 0 Å². The Kier molecular flexibility index (Phi) is 0.627. The van der Waals surface area contributed by atoms with Gasteiger partial charge in [-0.25, -0.2) is 0 Å². The first kappa shape index (κ1) is 2.78. The molecule has 1 rings (SSSR count). The topological polar surface area (TPSA) is 18.5 Å². The minimum Gasteiger partial charge on any atom is -0.363 e. The van der Waals surface area contributed by atoms with Crippen LogP contribution in [0.5, 0.6) is 0 Å². The van der Waals surface area contributed by atoms with E-state index in [1.54, 1.807) is 5.98 Å². The van der Waals surface area contributed by atoms with Crippen LogP contribution in [0.1, 0.15) is 0 Å². The van der Waals surface area contributed by atoms with E-state index in [4.69, 9.17) is 0 Å². The Balaban J connectivity index is 2.32. The zero-order valence-corrected chi connectivity index (χ0v) is 2.68. The van der Waals surface area contributed by atoms with Gasteiger partial charge in [-0.2, -0.15) is 0 Å². The Bertz CT molecular complexity index is 45.6. The molecule has 5 heavy (non-hydrogen) atoms. The van der Waals surface area contributed by atoms with Crippen LogP contribution in [0.15, 0.2) is 12.2 Å². The average Bonchev–Trinajstić information content (AvgIpc) is 1.76. The summed E-state index contributed by atoms with van der Waals surface area (Å²) < 4.78 is 0. The molecule has 0 aromatic rings. The predicted octanol–water partition coefficient (Wildman–Crippen LogP) is -0.229. The van der Waals surface area contributed by atoms with Crippen molar-refractivity contribution in [3.8, 4) is 0 Å². The number of hydrogen-bond donors (Lipinski definition) is 0.